The summed E-state index contributed by atoms with van der Waals surface area (Å²) in [6.45, 7) is 9.65. The van der Waals surface area contributed by atoms with Gasteiger partial charge in [-0.2, -0.15) is 4.31 Å². The van der Waals surface area contributed by atoms with Crippen molar-refractivity contribution in [3.05, 3.63) is 16.3 Å². The molecule has 142 valence electrons. The molecule has 0 bridgehead atoms. The Kier molecular flexibility index (Phi) is 6.41. The van der Waals surface area contributed by atoms with Crippen LogP contribution < -0.4 is 0 Å². The molecule has 0 aliphatic heterocycles. The summed E-state index contributed by atoms with van der Waals surface area (Å²) in [7, 11) is -2.93. The lowest BCUT2D eigenvalue weighted by Crippen LogP contribution is -2.49. The van der Waals surface area contributed by atoms with Crippen molar-refractivity contribution in [3.8, 4) is 0 Å². The molecule has 0 aliphatic rings. The molecule has 7 nitrogen and oxygen atoms in total. The molecule has 0 N–H and O–H groups in total. The van der Waals surface area contributed by atoms with Crippen molar-refractivity contribution < 1.29 is 27.5 Å². The Hall–Kier alpha value is -1.45. The summed E-state index contributed by atoms with van der Waals surface area (Å²) in [4.78, 5) is 23.8. The van der Waals surface area contributed by atoms with Gasteiger partial charge in [-0.3, -0.25) is 4.79 Å². The molecule has 0 saturated carbocycles. The summed E-state index contributed by atoms with van der Waals surface area (Å²) in [5.41, 5.74) is -1.63. The number of sulfonamides is 1. The van der Waals surface area contributed by atoms with Crippen LogP contribution in [0.4, 0.5) is 0 Å². The van der Waals surface area contributed by atoms with Gasteiger partial charge in [-0.15, -0.1) is 11.3 Å². The fraction of sp³-hybridized carbons (Fsp3) is 0.625. The number of ether oxygens (including phenoxy) is 2. The number of rotatable bonds is 5. The number of esters is 2. The molecule has 0 aliphatic carbocycles. The van der Waals surface area contributed by atoms with Gasteiger partial charge in [0.25, 0.3) is 0 Å². The monoisotopic (exact) mass is 391 g/mol. The van der Waals surface area contributed by atoms with Gasteiger partial charge in [-0.1, -0.05) is 0 Å². The van der Waals surface area contributed by atoms with Gasteiger partial charge in [-0.25, -0.2) is 13.2 Å². The van der Waals surface area contributed by atoms with Gasteiger partial charge in [-0.05, 0) is 53.0 Å². The molecule has 0 amide bonds. The van der Waals surface area contributed by atoms with Crippen LogP contribution in [0.3, 0.4) is 0 Å². The van der Waals surface area contributed by atoms with Crippen LogP contribution in [0.1, 0.15) is 51.2 Å². The molecule has 25 heavy (non-hydrogen) atoms. The molecule has 0 radical (unpaired) electrons. The van der Waals surface area contributed by atoms with Gasteiger partial charge < -0.3 is 9.47 Å². The second-order valence-corrected chi connectivity index (χ2v) is 10.1. The summed E-state index contributed by atoms with van der Waals surface area (Å²) in [6, 6.07) is 1.33. The third-order valence-electron chi connectivity index (χ3n) is 3.01. The highest BCUT2D eigenvalue weighted by Gasteiger charge is 2.39. The number of hydrogen-bond acceptors (Lipinski definition) is 7. The number of methoxy groups -OCH3 is 1. The zero-order chi connectivity index (χ0) is 19.6. The third kappa shape index (κ3) is 5.52. The van der Waals surface area contributed by atoms with E-state index in [1.54, 1.807) is 41.5 Å². The van der Waals surface area contributed by atoms with E-state index in [1.807, 2.05) is 0 Å². The minimum atomic E-state index is -4.11. The largest absolute Gasteiger partial charge is 0.465 e. The summed E-state index contributed by atoms with van der Waals surface area (Å²) >= 11 is 0.969. The first-order valence-corrected chi connectivity index (χ1v) is 9.92. The maximum Gasteiger partial charge on any atom is 0.349 e. The Morgan fingerprint density at radius 3 is 2.16 bits per heavy atom. The van der Waals surface area contributed by atoms with E-state index in [1.165, 1.54) is 18.6 Å². The molecule has 0 aromatic carbocycles. The predicted molar refractivity (Wildman–Crippen MR) is 95.1 cm³/mol. The van der Waals surface area contributed by atoms with E-state index in [4.69, 9.17) is 4.74 Å². The molecular weight excluding hydrogens is 366 g/mol. The molecule has 1 aromatic rings. The molecule has 0 saturated heterocycles. The number of carbonyl (C=O) groups is 2. The van der Waals surface area contributed by atoms with E-state index in [-0.39, 0.29) is 9.77 Å². The SMILES string of the molecule is COC(=O)c1sccc1S(=O)(=O)N(CC(=O)OC(C)(C)C)C(C)(C)C. The highest BCUT2D eigenvalue weighted by atomic mass is 32.2. The molecule has 1 aromatic heterocycles. The number of hydrogen-bond donors (Lipinski definition) is 0. The van der Waals surface area contributed by atoms with Crippen molar-refractivity contribution >= 4 is 33.3 Å². The molecule has 1 rings (SSSR count). The second-order valence-electron chi connectivity index (χ2n) is 7.37. The molecule has 0 atom stereocenters. The van der Waals surface area contributed by atoms with E-state index >= 15 is 0 Å². The molecule has 0 unspecified atom stereocenters. The Balaban J connectivity index is 3.30. The Labute approximate surface area is 153 Å². The van der Waals surface area contributed by atoms with E-state index in [0.717, 1.165) is 15.6 Å². The Morgan fingerprint density at radius 2 is 1.72 bits per heavy atom. The van der Waals surface area contributed by atoms with E-state index < -0.39 is 39.6 Å². The first-order chi connectivity index (χ1) is 11.2. The van der Waals surface area contributed by atoms with Crippen molar-refractivity contribution in [2.75, 3.05) is 13.7 Å². The lowest BCUT2D eigenvalue weighted by atomic mass is 10.1. The van der Waals surface area contributed by atoms with Crippen LogP contribution in [-0.4, -0.2) is 49.5 Å². The van der Waals surface area contributed by atoms with Crippen LogP contribution in [-0.2, 0) is 24.3 Å². The summed E-state index contributed by atoms with van der Waals surface area (Å²) in [6.07, 6.45) is 0. The van der Waals surface area contributed by atoms with Crippen LogP contribution in [0.25, 0.3) is 0 Å². The maximum absolute atomic E-state index is 13.1. The highest BCUT2D eigenvalue weighted by Crippen LogP contribution is 2.30. The van der Waals surface area contributed by atoms with Crippen LogP contribution in [0.2, 0.25) is 0 Å². The third-order valence-corrected chi connectivity index (χ3v) is 6.19. The zero-order valence-corrected chi connectivity index (χ0v) is 17.2. The first kappa shape index (κ1) is 21.6. The average molecular weight is 392 g/mol. The van der Waals surface area contributed by atoms with Gasteiger partial charge in [0, 0.05) is 5.54 Å². The maximum atomic E-state index is 13.1. The zero-order valence-electron chi connectivity index (χ0n) is 15.6. The minimum absolute atomic E-state index is 0.0269. The molecule has 0 spiro atoms. The standard InChI is InChI=1S/C16H25NO6S2/c1-15(2,3)17(10-12(18)23-16(4,5)6)25(20,21)11-8-9-24-13(11)14(19)22-7/h8-9H,10H2,1-7H3. The summed E-state index contributed by atoms with van der Waals surface area (Å²) < 4.78 is 37.1. The molecule has 9 heteroatoms. The van der Waals surface area contributed by atoms with Crippen molar-refractivity contribution in [1.29, 1.82) is 0 Å². The van der Waals surface area contributed by atoms with Gasteiger partial charge in [0.1, 0.15) is 21.9 Å². The van der Waals surface area contributed by atoms with Crippen LogP contribution >= 0.6 is 11.3 Å². The summed E-state index contributed by atoms with van der Waals surface area (Å²) in [5.74, 6) is -1.40. The predicted octanol–water partition coefficient (Wildman–Crippen LogP) is 2.67. The van der Waals surface area contributed by atoms with Crippen molar-refractivity contribution in [3.63, 3.8) is 0 Å². The first-order valence-electron chi connectivity index (χ1n) is 7.60. The van der Waals surface area contributed by atoms with Gasteiger partial charge in [0.05, 0.1) is 7.11 Å². The van der Waals surface area contributed by atoms with Crippen molar-refractivity contribution in [2.45, 2.75) is 57.6 Å². The number of nitrogens with zero attached hydrogens (tertiary/aromatic N) is 1. The van der Waals surface area contributed by atoms with E-state index in [9.17, 15) is 18.0 Å². The van der Waals surface area contributed by atoms with Crippen LogP contribution in [0.5, 0.6) is 0 Å². The molecule has 0 fully saturated rings. The fourth-order valence-corrected chi connectivity index (χ4v) is 5.08. The lowest BCUT2D eigenvalue weighted by Gasteiger charge is -2.34. The van der Waals surface area contributed by atoms with E-state index in [0.29, 0.717) is 0 Å². The topological polar surface area (TPSA) is 90.0 Å². The average Bonchev–Trinajstić information content (AvgIpc) is 2.90. The minimum Gasteiger partial charge on any atom is -0.465 e. The van der Waals surface area contributed by atoms with Crippen molar-refractivity contribution in [1.82, 2.24) is 4.31 Å². The Morgan fingerprint density at radius 1 is 1.16 bits per heavy atom. The quantitative estimate of drug-likeness (QED) is 0.717. The number of thiophene rings is 1. The van der Waals surface area contributed by atoms with Gasteiger partial charge >= 0.3 is 11.9 Å². The smallest absolute Gasteiger partial charge is 0.349 e. The normalized spacial score (nSPS) is 13.0. The molecule has 1 heterocycles. The highest BCUT2D eigenvalue weighted by molar-refractivity contribution is 7.89. The molecular formula is C16H25NO6S2. The fourth-order valence-electron chi connectivity index (χ4n) is 2.03. The number of carbonyl (C=O) groups excluding carboxylic acids is 2. The Bertz CT molecular complexity index is 737. The van der Waals surface area contributed by atoms with Crippen molar-refractivity contribution in [2.24, 2.45) is 0 Å². The van der Waals surface area contributed by atoms with Gasteiger partial charge in [0.2, 0.25) is 10.0 Å². The second kappa shape index (κ2) is 7.43. The van der Waals surface area contributed by atoms with Crippen LogP contribution in [0.15, 0.2) is 16.3 Å². The van der Waals surface area contributed by atoms with E-state index in [2.05, 4.69) is 4.74 Å². The lowest BCUT2D eigenvalue weighted by molar-refractivity contribution is -0.155. The van der Waals surface area contributed by atoms with Crippen LogP contribution in [0, 0.1) is 0 Å². The van der Waals surface area contributed by atoms with Gasteiger partial charge in [0.15, 0.2) is 0 Å². The summed E-state index contributed by atoms with van der Waals surface area (Å²) in [5, 5.41) is 1.49.